The highest BCUT2D eigenvalue weighted by molar-refractivity contribution is 6.00. The number of methoxy groups -OCH3 is 1. The molecule has 32 heavy (non-hydrogen) atoms. The molecule has 0 fully saturated rings. The van der Waals surface area contributed by atoms with Gasteiger partial charge in [0, 0.05) is 17.9 Å². The molecular weight excluding hydrogens is 420 g/mol. The quantitative estimate of drug-likeness (QED) is 0.464. The summed E-state index contributed by atoms with van der Waals surface area (Å²) in [5, 5.41) is 14.4. The fraction of sp³-hybridized carbons (Fsp3) is 0.409. The van der Waals surface area contributed by atoms with Crippen LogP contribution in [-0.4, -0.2) is 47.9 Å². The molecule has 3 N–H and O–H groups in total. The van der Waals surface area contributed by atoms with Crippen LogP contribution in [0, 0.1) is 5.92 Å². The largest absolute Gasteiger partial charge is 0.497 e. The average molecular weight is 446 g/mol. The van der Waals surface area contributed by atoms with Gasteiger partial charge in [-0.3, -0.25) is 19.2 Å². The molecule has 0 saturated heterocycles. The molecule has 0 aliphatic carbocycles. The highest BCUT2D eigenvalue weighted by atomic mass is 16.5. The van der Waals surface area contributed by atoms with Crippen molar-refractivity contribution in [3.8, 4) is 5.75 Å². The first-order valence-corrected chi connectivity index (χ1v) is 10.0. The molecule has 2 atom stereocenters. The lowest BCUT2D eigenvalue weighted by atomic mass is 10.0. The normalized spacial score (nSPS) is 12.8. The van der Waals surface area contributed by atoms with Gasteiger partial charge in [-0.25, -0.2) is 4.79 Å². The molecule has 10 heteroatoms. The van der Waals surface area contributed by atoms with Crippen LogP contribution >= 0.6 is 0 Å². The van der Waals surface area contributed by atoms with E-state index in [0.717, 1.165) is 0 Å². The standard InChI is InChI=1S/C22H26N2O8/c1-5-16(25)15(10-18(26)27)23-21(29)19(11(2)3)24-20(28)14-8-12-6-7-13(31-4)9-17(12)32-22(14)30/h6-9,11,15,19H,5,10H2,1-4H3,(H,23,29)(H,24,28)(H,26,27). The van der Waals surface area contributed by atoms with Crippen LogP contribution in [0.3, 0.4) is 0 Å². The van der Waals surface area contributed by atoms with E-state index in [1.165, 1.54) is 19.2 Å². The van der Waals surface area contributed by atoms with Crippen LogP contribution in [0.5, 0.6) is 5.75 Å². The van der Waals surface area contributed by atoms with E-state index < -0.39 is 53.6 Å². The second-order valence-corrected chi connectivity index (χ2v) is 7.53. The van der Waals surface area contributed by atoms with Crippen molar-refractivity contribution in [3.05, 3.63) is 40.2 Å². The molecule has 172 valence electrons. The lowest BCUT2D eigenvalue weighted by molar-refractivity contribution is -0.140. The zero-order valence-electron chi connectivity index (χ0n) is 18.3. The van der Waals surface area contributed by atoms with Crippen molar-refractivity contribution in [2.75, 3.05) is 7.11 Å². The van der Waals surface area contributed by atoms with E-state index in [9.17, 15) is 24.0 Å². The second-order valence-electron chi connectivity index (χ2n) is 7.53. The van der Waals surface area contributed by atoms with E-state index in [-0.39, 0.29) is 17.6 Å². The number of carbonyl (C=O) groups excluding carboxylic acids is 3. The van der Waals surface area contributed by atoms with Gasteiger partial charge in [0.25, 0.3) is 5.91 Å². The molecule has 0 aliphatic rings. The maximum atomic E-state index is 12.8. The Morgan fingerprint density at radius 1 is 1.12 bits per heavy atom. The zero-order chi connectivity index (χ0) is 24.0. The van der Waals surface area contributed by atoms with Crippen molar-refractivity contribution in [2.45, 2.75) is 45.7 Å². The number of carbonyl (C=O) groups is 4. The first kappa shape index (κ1) is 24.6. The zero-order valence-corrected chi connectivity index (χ0v) is 18.3. The maximum absolute atomic E-state index is 12.8. The maximum Gasteiger partial charge on any atom is 0.349 e. The SMILES string of the molecule is CCC(=O)C(CC(=O)O)NC(=O)C(NC(=O)c1cc2ccc(OC)cc2oc1=O)C(C)C. The van der Waals surface area contributed by atoms with Gasteiger partial charge in [-0.05, 0) is 24.1 Å². The number of hydrogen-bond acceptors (Lipinski definition) is 7. The van der Waals surface area contributed by atoms with Crippen LogP contribution in [-0.2, 0) is 14.4 Å². The molecule has 1 aromatic carbocycles. The number of carboxylic acids is 1. The first-order chi connectivity index (χ1) is 15.1. The molecule has 2 unspecified atom stereocenters. The van der Waals surface area contributed by atoms with Crippen LogP contribution in [0.1, 0.15) is 44.0 Å². The van der Waals surface area contributed by atoms with Crippen LogP contribution in [0.15, 0.2) is 33.5 Å². The molecule has 0 saturated carbocycles. The van der Waals surface area contributed by atoms with Gasteiger partial charge >= 0.3 is 11.6 Å². The second kappa shape index (κ2) is 10.6. The van der Waals surface area contributed by atoms with Crippen LogP contribution < -0.4 is 21.0 Å². The van der Waals surface area contributed by atoms with E-state index in [4.69, 9.17) is 14.3 Å². The highest BCUT2D eigenvalue weighted by Crippen LogP contribution is 2.20. The van der Waals surface area contributed by atoms with E-state index in [0.29, 0.717) is 11.1 Å². The number of ketones is 1. The van der Waals surface area contributed by atoms with Gasteiger partial charge < -0.3 is 24.9 Å². The Morgan fingerprint density at radius 3 is 2.38 bits per heavy atom. The van der Waals surface area contributed by atoms with Crippen molar-refractivity contribution in [1.29, 1.82) is 0 Å². The third-order valence-corrected chi connectivity index (χ3v) is 4.86. The Labute approximate surface area is 183 Å². The van der Waals surface area contributed by atoms with Gasteiger partial charge in [-0.2, -0.15) is 0 Å². The van der Waals surface area contributed by atoms with Gasteiger partial charge in [0.05, 0.1) is 19.6 Å². The molecule has 0 bridgehead atoms. The fourth-order valence-corrected chi connectivity index (χ4v) is 3.06. The number of Topliss-reactive ketones (excluding diaryl/α,β-unsaturated/α-hetero) is 1. The summed E-state index contributed by atoms with van der Waals surface area (Å²) in [6.45, 7) is 4.88. The number of ether oxygens (including phenoxy) is 1. The van der Waals surface area contributed by atoms with Gasteiger partial charge in [0.2, 0.25) is 5.91 Å². The fourth-order valence-electron chi connectivity index (χ4n) is 3.06. The number of nitrogens with one attached hydrogen (secondary N) is 2. The Morgan fingerprint density at radius 2 is 1.81 bits per heavy atom. The molecule has 0 spiro atoms. The van der Waals surface area contributed by atoms with Crippen molar-refractivity contribution in [2.24, 2.45) is 5.92 Å². The number of fused-ring (bicyclic) bond motifs is 1. The summed E-state index contributed by atoms with van der Waals surface area (Å²) in [6.07, 6.45) is -0.533. The van der Waals surface area contributed by atoms with E-state index in [2.05, 4.69) is 10.6 Å². The van der Waals surface area contributed by atoms with Gasteiger partial charge in [-0.1, -0.05) is 20.8 Å². The highest BCUT2D eigenvalue weighted by Gasteiger charge is 2.30. The molecule has 0 aliphatic heterocycles. The monoisotopic (exact) mass is 446 g/mol. The van der Waals surface area contributed by atoms with Crippen LogP contribution in [0.2, 0.25) is 0 Å². The third kappa shape index (κ3) is 5.93. The summed E-state index contributed by atoms with van der Waals surface area (Å²) in [7, 11) is 1.47. The van der Waals surface area contributed by atoms with Crippen LogP contribution in [0.4, 0.5) is 0 Å². The van der Waals surface area contributed by atoms with Crippen molar-refractivity contribution < 1.29 is 33.4 Å². The predicted molar refractivity (Wildman–Crippen MR) is 115 cm³/mol. The Bertz CT molecular complexity index is 1090. The Balaban J connectivity index is 2.26. The van der Waals surface area contributed by atoms with Crippen molar-refractivity contribution in [3.63, 3.8) is 0 Å². The molecule has 2 amide bonds. The Kier molecular flexibility index (Phi) is 8.11. The minimum atomic E-state index is -1.24. The van der Waals surface area contributed by atoms with Crippen molar-refractivity contribution >= 4 is 34.5 Å². The number of rotatable bonds is 10. The minimum absolute atomic E-state index is 0.0415. The average Bonchev–Trinajstić information content (AvgIpc) is 2.74. The third-order valence-electron chi connectivity index (χ3n) is 4.86. The van der Waals surface area contributed by atoms with Gasteiger partial charge in [0.15, 0.2) is 5.78 Å². The molecule has 2 rings (SSSR count). The topological polar surface area (TPSA) is 152 Å². The number of carboxylic acid groups (broad SMARTS) is 1. The summed E-state index contributed by atoms with van der Waals surface area (Å²) in [6, 6.07) is 3.78. The smallest absolute Gasteiger partial charge is 0.349 e. The van der Waals surface area contributed by atoms with Crippen LogP contribution in [0.25, 0.3) is 11.0 Å². The van der Waals surface area contributed by atoms with E-state index in [1.54, 1.807) is 32.9 Å². The van der Waals surface area contributed by atoms with Gasteiger partial charge in [-0.15, -0.1) is 0 Å². The molecule has 0 radical (unpaired) electrons. The molecule has 1 heterocycles. The number of amides is 2. The van der Waals surface area contributed by atoms with Crippen molar-refractivity contribution in [1.82, 2.24) is 10.6 Å². The summed E-state index contributed by atoms with van der Waals surface area (Å²) in [5.41, 5.74) is -0.956. The summed E-state index contributed by atoms with van der Waals surface area (Å²) < 4.78 is 10.3. The number of aliphatic carboxylic acids is 1. The summed E-state index contributed by atoms with van der Waals surface area (Å²) in [5.74, 6) is -3.18. The molecule has 2 aromatic rings. The predicted octanol–water partition coefficient (Wildman–Crippen LogP) is 1.49. The summed E-state index contributed by atoms with van der Waals surface area (Å²) in [4.78, 5) is 60.9. The minimum Gasteiger partial charge on any atom is -0.497 e. The molecule has 10 nitrogen and oxygen atoms in total. The first-order valence-electron chi connectivity index (χ1n) is 10.0. The van der Waals surface area contributed by atoms with Gasteiger partial charge in [0.1, 0.15) is 22.9 Å². The summed E-state index contributed by atoms with van der Waals surface area (Å²) >= 11 is 0. The lowest BCUT2D eigenvalue weighted by Gasteiger charge is -2.24. The Hall–Kier alpha value is -3.69. The number of benzene rings is 1. The van der Waals surface area contributed by atoms with E-state index in [1.807, 2.05) is 0 Å². The van der Waals surface area contributed by atoms with E-state index >= 15 is 0 Å². The molecular formula is C22H26N2O8. The number of hydrogen-bond donors (Lipinski definition) is 3. The molecule has 1 aromatic heterocycles. The lowest BCUT2D eigenvalue weighted by Crippen LogP contribution is -2.54.